The Balaban J connectivity index is 1.79. The SMILES string of the molecule is CCn1c(/C=C/C=C2/N(CCCS(=O)(=O)[O-])c3ccc(C)cc3C2(C)C)[n+](CCCS(=O)(=O)O)c2cc(Cl)c(Cl)cc21. The molecule has 9 nitrogen and oxygen atoms in total. The van der Waals surface area contributed by atoms with Gasteiger partial charge < -0.3 is 9.45 Å². The molecule has 0 radical (unpaired) electrons. The second-order valence-electron chi connectivity index (χ2n) is 11.0. The minimum Gasteiger partial charge on any atom is -0.748 e. The number of nitrogens with zero attached hydrogens (tertiary/aromatic N) is 3. The molecule has 0 unspecified atom stereocenters. The largest absolute Gasteiger partial charge is 0.748 e. The van der Waals surface area contributed by atoms with Gasteiger partial charge in [0.25, 0.3) is 15.9 Å². The molecule has 0 atom stereocenters. The van der Waals surface area contributed by atoms with E-state index in [2.05, 4.69) is 29.4 Å². The zero-order valence-corrected chi connectivity index (χ0v) is 27.1. The van der Waals surface area contributed by atoms with E-state index in [0.717, 1.165) is 39.4 Å². The molecule has 2 aromatic carbocycles. The lowest BCUT2D eigenvalue weighted by Crippen LogP contribution is -2.37. The number of rotatable bonds is 11. The highest BCUT2D eigenvalue weighted by atomic mass is 35.5. The first-order chi connectivity index (χ1) is 19.5. The molecular weight excluding hydrogens is 621 g/mol. The van der Waals surface area contributed by atoms with Gasteiger partial charge in [-0.1, -0.05) is 60.8 Å². The maximum Gasteiger partial charge on any atom is 0.282 e. The Kier molecular flexibility index (Phi) is 9.52. The molecule has 0 amide bonds. The number of aromatic nitrogens is 2. The fourth-order valence-electron chi connectivity index (χ4n) is 5.66. The van der Waals surface area contributed by atoms with Crippen molar-refractivity contribution in [2.24, 2.45) is 0 Å². The van der Waals surface area contributed by atoms with Gasteiger partial charge in [0.15, 0.2) is 11.0 Å². The van der Waals surface area contributed by atoms with Gasteiger partial charge in [0.2, 0.25) is 0 Å². The average Bonchev–Trinajstić information content (AvgIpc) is 3.25. The van der Waals surface area contributed by atoms with Crippen LogP contribution >= 0.6 is 23.2 Å². The maximum atomic E-state index is 11.4. The van der Waals surface area contributed by atoms with Crippen molar-refractivity contribution in [3.05, 3.63) is 75.2 Å². The van der Waals surface area contributed by atoms with Gasteiger partial charge >= 0.3 is 0 Å². The fourth-order valence-corrected chi connectivity index (χ4v) is 6.95. The van der Waals surface area contributed by atoms with E-state index in [0.29, 0.717) is 29.7 Å². The van der Waals surface area contributed by atoms with Crippen molar-refractivity contribution < 1.29 is 30.5 Å². The molecule has 3 aromatic rings. The first-order valence-electron chi connectivity index (χ1n) is 13.6. The number of halogens is 2. The molecule has 0 aliphatic carbocycles. The third-order valence-electron chi connectivity index (χ3n) is 7.58. The Bertz CT molecular complexity index is 1800. The Labute approximate surface area is 257 Å². The Morgan fingerprint density at radius 3 is 2.38 bits per heavy atom. The average molecular weight is 657 g/mol. The number of imidazole rings is 1. The smallest absolute Gasteiger partial charge is 0.282 e. The summed E-state index contributed by atoms with van der Waals surface area (Å²) in [6.07, 6.45) is 6.20. The van der Waals surface area contributed by atoms with Crippen LogP contribution in [0.3, 0.4) is 0 Å². The summed E-state index contributed by atoms with van der Waals surface area (Å²) in [6.45, 7) is 9.50. The lowest BCUT2D eigenvalue weighted by Gasteiger charge is -2.27. The molecule has 0 fully saturated rings. The van der Waals surface area contributed by atoms with Gasteiger partial charge in [0.05, 0.1) is 39.0 Å². The van der Waals surface area contributed by atoms with Crippen molar-refractivity contribution >= 4 is 66.2 Å². The number of hydrogen-bond acceptors (Lipinski definition) is 6. The summed E-state index contributed by atoms with van der Waals surface area (Å²) in [4.78, 5) is 2.07. The summed E-state index contributed by atoms with van der Waals surface area (Å²) < 4.78 is 70.0. The van der Waals surface area contributed by atoms with Crippen molar-refractivity contribution in [2.45, 2.75) is 59.0 Å². The summed E-state index contributed by atoms with van der Waals surface area (Å²) in [5.41, 5.74) is 5.35. The maximum absolute atomic E-state index is 11.4. The summed E-state index contributed by atoms with van der Waals surface area (Å²) in [7, 11) is -8.46. The summed E-state index contributed by atoms with van der Waals surface area (Å²) in [5, 5.41) is 0.769. The van der Waals surface area contributed by atoms with Crippen LogP contribution in [0.2, 0.25) is 10.0 Å². The molecule has 1 N–H and O–H groups in total. The van der Waals surface area contributed by atoms with Gasteiger partial charge in [-0.3, -0.25) is 4.55 Å². The summed E-state index contributed by atoms with van der Waals surface area (Å²) in [5.74, 6) is -0.0431. The molecule has 1 aliphatic heterocycles. The van der Waals surface area contributed by atoms with Crippen molar-refractivity contribution in [1.29, 1.82) is 0 Å². The van der Waals surface area contributed by atoms with Crippen molar-refractivity contribution in [2.75, 3.05) is 23.0 Å². The summed E-state index contributed by atoms with van der Waals surface area (Å²) in [6, 6.07) is 9.69. The third kappa shape index (κ3) is 7.03. The second-order valence-corrected chi connectivity index (χ2v) is 14.9. The van der Waals surface area contributed by atoms with E-state index in [-0.39, 0.29) is 18.6 Å². The van der Waals surface area contributed by atoms with E-state index in [1.54, 1.807) is 12.1 Å². The summed E-state index contributed by atoms with van der Waals surface area (Å²) >= 11 is 12.7. The molecule has 0 saturated carbocycles. The minimum atomic E-state index is -4.34. The topological polar surface area (TPSA) is 124 Å². The molecule has 0 bridgehead atoms. The monoisotopic (exact) mass is 655 g/mol. The van der Waals surface area contributed by atoms with Crippen LogP contribution in [-0.4, -0.2) is 48.6 Å². The zero-order valence-electron chi connectivity index (χ0n) is 24.0. The van der Waals surface area contributed by atoms with Crippen LogP contribution in [-0.2, 0) is 38.7 Å². The minimum absolute atomic E-state index is 0.187. The quantitative estimate of drug-likeness (QED) is 0.214. The highest BCUT2D eigenvalue weighted by Gasteiger charge is 2.39. The predicted molar refractivity (Wildman–Crippen MR) is 167 cm³/mol. The Hall–Kier alpha value is -2.41. The standard InChI is InChI=1S/C29H35Cl2N3O6S2/c1-5-32-25-18-22(30)23(31)19-26(25)34(14-8-16-42(38,39)40)28(32)10-6-9-27-29(3,4)21-17-20(2)11-12-24(21)33(27)13-7-15-41(35,36)37/h6,9-12,17-19H,5,7-8,13-16H2,1-4H3,(H-,35,36,37,38,39,40). The normalized spacial score (nSPS) is 16.3. The highest BCUT2D eigenvalue weighted by Crippen LogP contribution is 2.48. The lowest BCUT2D eigenvalue weighted by atomic mass is 9.83. The molecule has 1 aromatic heterocycles. The first-order valence-corrected chi connectivity index (χ1v) is 17.5. The molecule has 42 heavy (non-hydrogen) atoms. The molecular formula is C29H35Cl2N3O6S2. The van der Waals surface area contributed by atoms with Crippen LogP contribution in [0.1, 0.15) is 50.6 Å². The first kappa shape index (κ1) is 32.5. The number of aryl methyl sites for hydroxylation is 3. The second kappa shape index (κ2) is 12.3. The van der Waals surface area contributed by atoms with E-state index in [9.17, 15) is 25.9 Å². The van der Waals surface area contributed by atoms with Crippen LogP contribution < -0.4 is 9.47 Å². The predicted octanol–water partition coefficient (Wildman–Crippen LogP) is 5.47. The number of benzene rings is 2. The van der Waals surface area contributed by atoms with Crippen LogP contribution in [0.4, 0.5) is 5.69 Å². The molecule has 228 valence electrons. The van der Waals surface area contributed by atoms with E-state index in [4.69, 9.17) is 23.2 Å². The van der Waals surface area contributed by atoms with Crippen LogP contribution in [0.25, 0.3) is 17.1 Å². The molecule has 2 heterocycles. The van der Waals surface area contributed by atoms with Crippen LogP contribution in [0.5, 0.6) is 0 Å². The fraction of sp³-hybridized carbons (Fsp3) is 0.414. The van der Waals surface area contributed by atoms with Crippen LogP contribution in [0.15, 0.2) is 48.2 Å². The molecule has 4 rings (SSSR count). The number of fused-ring (bicyclic) bond motifs is 2. The Morgan fingerprint density at radius 1 is 1.05 bits per heavy atom. The molecule has 1 aliphatic rings. The van der Waals surface area contributed by atoms with Gasteiger partial charge in [-0.15, -0.1) is 0 Å². The van der Waals surface area contributed by atoms with Crippen molar-refractivity contribution in [1.82, 2.24) is 4.57 Å². The lowest BCUT2D eigenvalue weighted by molar-refractivity contribution is -0.673. The van der Waals surface area contributed by atoms with E-state index in [1.807, 2.05) is 48.8 Å². The van der Waals surface area contributed by atoms with Gasteiger partial charge in [-0.2, -0.15) is 8.42 Å². The van der Waals surface area contributed by atoms with E-state index < -0.39 is 31.4 Å². The van der Waals surface area contributed by atoms with Gasteiger partial charge in [0.1, 0.15) is 0 Å². The van der Waals surface area contributed by atoms with Crippen LogP contribution in [0, 0.1) is 6.92 Å². The van der Waals surface area contributed by atoms with E-state index >= 15 is 0 Å². The Morgan fingerprint density at radius 2 is 1.74 bits per heavy atom. The van der Waals surface area contributed by atoms with E-state index in [1.165, 1.54) is 0 Å². The molecule has 13 heteroatoms. The third-order valence-corrected chi connectivity index (χ3v) is 9.89. The van der Waals surface area contributed by atoms with Crippen molar-refractivity contribution in [3.63, 3.8) is 0 Å². The highest BCUT2D eigenvalue weighted by molar-refractivity contribution is 7.85. The number of hydrogen-bond donors (Lipinski definition) is 1. The van der Waals surface area contributed by atoms with Crippen molar-refractivity contribution in [3.8, 4) is 0 Å². The molecule has 0 saturated heterocycles. The zero-order chi connectivity index (χ0) is 31.0. The number of anilines is 1. The van der Waals surface area contributed by atoms with Gasteiger partial charge in [-0.25, -0.2) is 17.6 Å². The molecule has 0 spiro atoms. The van der Waals surface area contributed by atoms with Gasteiger partial charge in [0, 0.05) is 53.7 Å². The number of allylic oxidation sites excluding steroid dienone is 3. The van der Waals surface area contributed by atoms with Gasteiger partial charge in [-0.05, 0) is 38.0 Å².